The summed E-state index contributed by atoms with van der Waals surface area (Å²) >= 11 is 3.29. The maximum Gasteiger partial charge on any atom is 0.234 e. The lowest BCUT2D eigenvalue weighted by Gasteiger charge is -2.18. The Hall–Kier alpha value is -2.32. The van der Waals surface area contributed by atoms with Crippen molar-refractivity contribution in [2.24, 2.45) is 5.92 Å². The fourth-order valence-corrected chi connectivity index (χ4v) is 6.23. The van der Waals surface area contributed by atoms with E-state index in [1.54, 1.807) is 43.8 Å². The van der Waals surface area contributed by atoms with Crippen LogP contribution in [-0.2, 0) is 17.6 Å². The fraction of sp³-hybridized carbons (Fsp3) is 0.458. The average Bonchev–Trinajstić information content (AvgIpc) is 3.15. The van der Waals surface area contributed by atoms with Gasteiger partial charge in [0.15, 0.2) is 0 Å². The molecule has 1 aromatic carbocycles. The molecule has 0 unspecified atom stereocenters. The van der Waals surface area contributed by atoms with Crippen LogP contribution in [0, 0.1) is 5.92 Å². The molecule has 0 saturated carbocycles. The van der Waals surface area contributed by atoms with E-state index in [-0.39, 0.29) is 17.6 Å². The standard InChI is InChI=1S/C24H29N3O3S2/c1-13(2)22-26-23(21-16-8-6-14(3)10-19(16)32-24(21)27-22)31-12-20(28)25-17-9-7-15(29-4)11-18(17)30-5/h7,9,11,13-14H,6,8,10,12H2,1-5H3,(H,25,28)/t14-/m0/s1. The van der Waals surface area contributed by atoms with Gasteiger partial charge in [0.1, 0.15) is 27.2 Å². The van der Waals surface area contributed by atoms with Gasteiger partial charge in [-0.1, -0.05) is 32.5 Å². The maximum atomic E-state index is 12.8. The Labute approximate surface area is 197 Å². The molecule has 2 aromatic heterocycles. The molecule has 0 saturated heterocycles. The highest BCUT2D eigenvalue weighted by Gasteiger charge is 2.25. The molecule has 4 rings (SSSR count). The second-order valence-electron chi connectivity index (χ2n) is 8.48. The highest BCUT2D eigenvalue weighted by molar-refractivity contribution is 8.00. The molecule has 3 aromatic rings. The third-order valence-electron chi connectivity index (χ3n) is 5.68. The Morgan fingerprint density at radius 3 is 2.81 bits per heavy atom. The molecular weight excluding hydrogens is 442 g/mol. The van der Waals surface area contributed by atoms with Crippen LogP contribution in [0.15, 0.2) is 23.2 Å². The predicted molar refractivity (Wildman–Crippen MR) is 132 cm³/mol. The van der Waals surface area contributed by atoms with Gasteiger partial charge in [-0.3, -0.25) is 4.79 Å². The van der Waals surface area contributed by atoms with Gasteiger partial charge in [-0.25, -0.2) is 9.97 Å². The number of nitrogens with zero attached hydrogens (tertiary/aromatic N) is 2. The van der Waals surface area contributed by atoms with Gasteiger partial charge in [0, 0.05) is 22.2 Å². The fourth-order valence-electron chi connectivity index (χ4n) is 3.91. The number of amides is 1. The van der Waals surface area contributed by atoms with Crippen LogP contribution in [0.1, 0.15) is 49.4 Å². The number of hydrogen-bond donors (Lipinski definition) is 1. The molecular formula is C24H29N3O3S2. The number of fused-ring (bicyclic) bond motifs is 3. The number of carbonyl (C=O) groups excluding carboxylic acids is 1. The van der Waals surface area contributed by atoms with Crippen LogP contribution in [0.25, 0.3) is 10.2 Å². The number of thiophene rings is 1. The normalized spacial score (nSPS) is 15.6. The molecule has 6 nitrogen and oxygen atoms in total. The first-order chi connectivity index (χ1) is 15.4. The molecule has 32 heavy (non-hydrogen) atoms. The molecule has 0 fully saturated rings. The van der Waals surface area contributed by atoms with E-state index in [1.807, 2.05) is 0 Å². The zero-order valence-electron chi connectivity index (χ0n) is 19.2. The minimum Gasteiger partial charge on any atom is -0.497 e. The van der Waals surface area contributed by atoms with E-state index in [1.165, 1.54) is 28.6 Å². The Kier molecular flexibility index (Phi) is 6.90. The van der Waals surface area contributed by atoms with Gasteiger partial charge in [0.2, 0.25) is 5.91 Å². The van der Waals surface area contributed by atoms with Crippen LogP contribution in [0.2, 0.25) is 0 Å². The third-order valence-corrected chi connectivity index (χ3v) is 7.80. The smallest absolute Gasteiger partial charge is 0.234 e. The van der Waals surface area contributed by atoms with Crippen molar-refractivity contribution in [2.45, 2.75) is 51.0 Å². The topological polar surface area (TPSA) is 73.3 Å². The number of carbonyl (C=O) groups is 1. The van der Waals surface area contributed by atoms with E-state index in [0.717, 1.165) is 33.9 Å². The molecule has 1 atom stereocenters. The van der Waals surface area contributed by atoms with Crippen LogP contribution < -0.4 is 14.8 Å². The molecule has 1 amide bonds. The van der Waals surface area contributed by atoms with Crippen LogP contribution in [-0.4, -0.2) is 35.8 Å². The second kappa shape index (κ2) is 9.67. The van der Waals surface area contributed by atoms with Crippen molar-refractivity contribution in [1.82, 2.24) is 9.97 Å². The largest absolute Gasteiger partial charge is 0.497 e. The predicted octanol–water partition coefficient (Wildman–Crippen LogP) is 5.69. The van der Waals surface area contributed by atoms with E-state index in [0.29, 0.717) is 23.1 Å². The summed E-state index contributed by atoms with van der Waals surface area (Å²) in [5, 5.41) is 5.02. The number of methoxy groups -OCH3 is 2. The summed E-state index contributed by atoms with van der Waals surface area (Å²) in [5.74, 6) is 3.17. The van der Waals surface area contributed by atoms with Crippen LogP contribution >= 0.6 is 23.1 Å². The number of rotatable bonds is 7. The van der Waals surface area contributed by atoms with E-state index in [4.69, 9.17) is 19.4 Å². The van der Waals surface area contributed by atoms with E-state index in [2.05, 4.69) is 26.1 Å². The van der Waals surface area contributed by atoms with Crippen LogP contribution in [0.4, 0.5) is 5.69 Å². The van der Waals surface area contributed by atoms with E-state index >= 15 is 0 Å². The van der Waals surface area contributed by atoms with Gasteiger partial charge in [0.05, 0.1) is 25.7 Å². The quantitative estimate of drug-likeness (QED) is 0.353. The maximum absolute atomic E-state index is 12.8. The molecule has 1 aliphatic rings. The Balaban J connectivity index is 1.58. The minimum atomic E-state index is -0.103. The number of anilines is 1. The second-order valence-corrected chi connectivity index (χ2v) is 10.5. The highest BCUT2D eigenvalue weighted by Crippen LogP contribution is 2.41. The molecule has 0 aliphatic heterocycles. The number of ether oxygens (including phenoxy) is 2. The van der Waals surface area contributed by atoms with E-state index in [9.17, 15) is 4.79 Å². The molecule has 0 spiro atoms. The first kappa shape index (κ1) is 22.9. The summed E-state index contributed by atoms with van der Waals surface area (Å²) in [6.07, 6.45) is 3.35. The molecule has 0 bridgehead atoms. The van der Waals surface area contributed by atoms with Gasteiger partial charge in [-0.05, 0) is 42.9 Å². The lowest BCUT2D eigenvalue weighted by atomic mass is 9.89. The molecule has 8 heteroatoms. The number of aromatic nitrogens is 2. The van der Waals surface area contributed by atoms with Crippen molar-refractivity contribution in [1.29, 1.82) is 0 Å². The Morgan fingerprint density at radius 1 is 1.28 bits per heavy atom. The number of nitrogens with one attached hydrogen (secondary N) is 1. The lowest BCUT2D eigenvalue weighted by Crippen LogP contribution is -2.15. The van der Waals surface area contributed by atoms with Gasteiger partial charge in [-0.2, -0.15) is 0 Å². The van der Waals surface area contributed by atoms with E-state index < -0.39 is 0 Å². The zero-order chi connectivity index (χ0) is 22.8. The number of benzene rings is 1. The molecule has 170 valence electrons. The highest BCUT2D eigenvalue weighted by atomic mass is 32.2. The number of thioether (sulfide) groups is 1. The summed E-state index contributed by atoms with van der Waals surface area (Å²) in [6, 6.07) is 5.34. The van der Waals surface area contributed by atoms with Crippen molar-refractivity contribution < 1.29 is 14.3 Å². The molecule has 0 radical (unpaired) electrons. The number of hydrogen-bond acceptors (Lipinski definition) is 7. The van der Waals surface area contributed by atoms with Crippen molar-refractivity contribution in [2.75, 3.05) is 25.3 Å². The molecule has 2 heterocycles. The summed E-state index contributed by atoms with van der Waals surface area (Å²) < 4.78 is 10.6. The van der Waals surface area contributed by atoms with Crippen molar-refractivity contribution in [3.05, 3.63) is 34.5 Å². The van der Waals surface area contributed by atoms with Gasteiger partial charge < -0.3 is 14.8 Å². The minimum absolute atomic E-state index is 0.103. The summed E-state index contributed by atoms with van der Waals surface area (Å²) in [6.45, 7) is 6.52. The Bertz CT molecular complexity index is 1140. The summed E-state index contributed by atoms with van der Waals surface area (Å²) in [5.41, 5.74) is 2.01. The summed E-state index contributed by atoms with van der Waals surface area (Å²) in [7, 11) is 3.17. The van der Waals surface area contributed by atoms with Crippen molar-refractivity contribution in [3.63, 3.8) is 0 Å². The first-order valence-electron chi connectivity index (χ1n) is 10.9. The monoisotopic (exact) mass is 471 g/mol. The van der Waals surface area contributed by atoms with Gasteiger partial charge in [-0.15, -0.1) is 11.3 Å². The van der Waals surface area contributed by atoms with Crippen molar-refractivity contribution in [3.8, 4) is 11.5 Å². The molecule has 1 N–H and O–H groups in total. The SMILES string of the molecule is COc1ccc(NC(=O)CSc2nc(C(C)C)nc3sc4c(c23)CC[C@H](C)C4)c(OC)c1. The van der Waals surface area contributed by atoms with Crippen molar-refractivity contribution >= 4 is 44.9 Å². The zero-order valence-corrected chi connectivity index (χ0v) is 20.8. The van der Waals surface area contributed by atoms with Gasteiger partial charge >= 0.3 is 0 Å². The average molecular weight is 472 g/mol. The number of aryl methyl sites for hydroxylation is 1. The Morgan fingerprint density at radius 2 is 2.09 bits per heavy atom. The van der Waals surface area contributed by atoms with Gasteiger partial charge in [0.25, 0.3) is 0 Å². The van der Waals surface area contributed by atoms with Crippen LogP contribution in [0.5, 0.6) is 11.5 Å². The third kappa shape index (κ3) is 4.71. The summed E-state index contributed by atoms with van der Waals surface area (Å²) in [4.78, 5) is 25.0. The lowest BCUT2D eigenvalue weighted by molar-refractivity contribution is -0.113. The molecule has 1 aliphatic carbocycles. The van der Waals surface area contributed by atoms with Crippen LogP contribution in [0.3, 0.4) is 0 Å². The first-order valence-corrected chi connectivity index (χ1v) is 12.7.